The van der Waals surface area contributed by atoms with E-state index in [9.17, 15) is 9.59 Å². The summed E-state index contributed by atoms with van der Waals surface area (Å²) in [6.07, 6.45) is 0. The van der Waals surface area contributed by atoms with Crippen molar-refractivity contribution in [1.29, 1.82) is 0 Å². The van der Waals surface area contributed by atoms with Gasteiger partial charge in [0.25, 0.3) is 5.91 Å². The molecule has 2 aromatic carbocycles. The van der Waals surface area contributed by atoms with E-state index in [1.165, 1.54) is 11.8 Å². The molecule has 0 fully saturated rings. The SMILES string of the molecule is Cc1ccccc1NC(=O)CSc1nnc(C(C)NC(=O)c2ccccc2)n1C. The van der Waals surface area contributed by atoms with Crippen molar-refractivity contribution in [1.82, 2.24) is 20.1 Å². The molecule has 3 aromatic rings. The number of rotatable bonds is 7. The average Bonchev–Trinajstić information content (AvgIpc) is 3.09. The Bertz CT molecular complexity index is 1000. The van der Waals surface area contributed by atoms with Crippen LogP contribution in [-0.2, 0) is 11.8 Å². The molecule has 150 valence electrons. The first-order chi connectivity index (χ1) is 14.0. The van der Waals surface area contributed by atoms with Crippen molar-refractivity contribution < 1.29 is 9.59 Å². The van der Waals surface area contributed by atoms with Crippen molar-refractivity contribution in [2.45, 2.75) is 25.0 Å². The molecule has 7 nitrogen and oxygen atoms in total. The van der Waals surface area contributed by atoms with Gasteiger partial charge in [-0.15, -0.1) is 10.2 Å². The van der Waals surface area contributed by atoms with E-state index in [0.717, 1.165) is 11.3 Å². The Morgan fingerprint density at radius 3 is 2.48 bits per heavy atom. The zero-order valence-electron chi connectivity index (χ0n) is 16.5. The molecule has 2 amide bonds. The molecule has 2 N–H and O–H groups in total. The maximum atomic E-state index is 12.3. The highest BCUT2D eigenvalue weighted by atomic mass is 32.2. The first kappa shape index (κ1) is 20.6. The number of aryl methyl sites for hydroxylation is 1. The summed E-state index contributed by atoms with van der Waals surface area (Å²) in [7, 11) is 1.82. The Balaban J connectivity index is 1.58. The topological polar surface area (TPSA) is 88.9 Å². The van der Waals surface area contributed by atoms with Crippen LogP contribution in [0.15, 0.2) is 59.8 Å². The summed E-state index contributed by atoms with van der Waals surface area (Å²) in [4.78, 5) is 24.6. The predicted molar refractivity (Wildman–Crippen MR) is 114 cm³/mol. The minimum Gasteiger partial charge on any atom is -0.342 e. The normalized spacial score (nSPS) is 11.7. The van der Waals surface area contributed by atoms with Crippen LogP contribution in [0.1, 0.15) is 34.7 Å². The first-order valence-electron chi connectivity index (χ1n) is 9.19. The van der Waals surface area contributed by atoms with E-state index in [1.807, 2.05) is 63.4 Å². The fourth-order valence-electron chi connectivity index (χ4n) is 2.79. The summed E-state index contributed by atoms with van der Waals surface area (Å²) < 4.78 is 1.79. The zero-order valence-corrected chi connectivity index (χ0v) is 17.4. The molecule has 1 heterocycles. The van der Waals surface area contributed by atoms with E-state index >= 15 is 0 Å². The van der Waals surface area contributed by atoms with Crippen LogP contribution in [0.2, 0.25) is 0 Å². The summed E-state index contributed by atoms with van der Waals surface area (Å²) >= 11 is 1.30. The molecule has 0 saturated carbocycles. The van der Waals surface area contributed by atoms with Crippen LogP contribution in [0.5, 0.6) is 0 Å². The largest absolute Gasteiger partial charge is 0.342 e. The molecule has 8 heteroatoms. The van der Waals surface area contributed by atoms with E-state index in [1.54, 1.807) is 16.7 Å². The van der Waals surface area contributed by atoms with Gasteiger partial charge in [-0.2, -0.15) is 0 Å². The second-order valence-corrected chi connectivity index (χ2v) is 7.56. The molecule has 0 aliphatic rings. The number of amides is 2. The number of hydrogen-bond acceptors (Lipinski definition) is 5. The highest BCUT2D eigenvalue weighted by Gasteiger charge is 2.19. The molecular formula is C21H23N5O2S. The lowest BCUT2D eigenvalue weighted by atomic mass is 10.2. The van der Waals surface area contributed by atoms with Crippen molar-refractivity contribution in [2.75, 3.05) is 11.1 Å². The second-order valence-electron chi connectivity index (χ2n) is 6.61. The molecule has 1 aromatic heterocycles. The molecule has 29 heavy (non-hydrogen) atoms. The maximum Gasteiger partial charge on any atom is 0.251 e. The monoisotopic (exact) mass is 409 g/mol. The molecule has 0 bridgehead atoms. The Kier molecular flexibility index (Phi) is 6.66. The van der Waals surface area contributed by atoms with E-state index in [4.69, 9.17) is 0 Å². The first-order valence-corrected chi connectivity index (χ1v) is 10.2. The van der Waals surface area contributed by atoms with Gasteiger partial charge in [-0.05, 0) is 37.6 Å². The molecule has 0 saturated heterocycles. The van der Waals surface area contributed by atoms with Gasteiger partial charge in [0.05, 0.1) is 11.8 Å². The highest BCUT2D eigenvalue weighted by Crippen LogP contribution is 2.20. The van der Waals surface area contributed by atoms with Gasteiger partial charge in [0, 0.05) is 18.3 Å². The van der Waals surface area contributed by atoms with Gasteiger partial charge >= 0.3 is 0 Å². The number of nitrogens with one attached hydrogen (secondary N) is 2. The molecule has 0 aliphatic carbocycles. The number of benzene rings is 2. The Morgan fingerprint density at radius 2 is 1.76 bits per heavy atom. The Hall–Kier alpha value is -3.13. The van der Waals surface area contributed by atoms with Crippen molar-refractivity contribution >= 4 is 29.3 Å². The lowest BCUT2D eigenvalue weighted by Gasteiger charge is -2.13. The number of nitrogens with zero attached hydrogens (tertiary/aromatic N) is 3. The number of carbonyl (C=O) groups excluding carboxylic acids is 2. The fourth-order valence-corrected chi connectivity index (χ4v) is 3.51. The summed E-state index contributed by atoms with van der Waals surface area (Å²) in [5, 5.41) is 14.8. The minimum atomic E-state index is -0.324. The van der Waals surface area contributed by atoms with Crippen molar-refractivity contribution in [3.05, 3.63) is 71.5 Å². The van der Waals surface area contributed by atoms with Gasteiger partial charge < -0.3 is 15.2 Å². The second kappa shape index (κ2) is 9.38. The predicted octanol–water partition coefficient (Wildman–Crippen LogP) is 3.35. The third-order valence-corrected chi connectivity index (χ3v) is 5.41. The molecule has 1 atom stereocenters. The number of para-hydroxylation sites is 1. The van der Waals surface area contributed by atoms with Gasteiger partial charge in [-0.25, -0.2) is 0 Å². The van der Waals surface area contributed by atoms with Gasteiger partial charge in [-0.1, -0.05) is 48.2 Å². The summed E-state index contributed by atoms with van der Waals surface area (Å²) in [6.45, 7) is 3.80. The lowest BCUT2D eigenvalue weighted by Crippen LogP contribution is -2.28. The summed E-state index contributed by atoms with van der Waals surface area (Å²) in [5.41, 5.74) is 2.40. The number of anilines is 1. The minimum absolute atomic E-state index is 0.112. The van der Waals surface area contributed by atoms with Crippen molar-refractivity contribution in [2.24, 2.45) is 7.05 Å². The number of thioether (sulfide) groups is 1. The Labute approximate surface area is 173 Å². The summed E-state index contributed by atoms with van der Waals surface area (Å²) in [5.74, 6) is 0.550. The Morgan fingerprint density at radius 1 is 1.07 bits per heavy atom. The molecule has 3 rings (SSSR count). The van der Waals surface area contributed by atoms with E-state index in [-0.39, 0.29) is 23.6 Å². The lowest BCUT2D eigenvalue weighted by molar-refractivity contribution is -0.113. The average molecular weight is 410 g/mol. The quantitative estimate of drug-likeness (QED) is 0.584. The van der Waals surface area contributed by atoms with Crippen LogP contribution in [-0.4, -0.2) is 32.3 Å². The number of hydrogen-bond donors (Lipinski definition) is 2. The maximum absolute atomic E-state index is 12.3. The van der Waals surface area contributed by atoms with E-state index < -0.39 is 0 Å². The third-order valence-electron chi connectivity index (χ3n) is 4.39. The van der Waals surface area contributed by atoms with Crippen LogP contribution in [0.25, 0.3) is 0 Å². The van der Waals surface area contributed by atoms with Gasteiger partial charge in [-0.3, -0.25) is 9.59 Å². The fraction of sp³-hybridized carbons (Fsp3) is 0.238. The molecule has 0 spiro atoms. The highest BCUT2D eigenvalue weighted by molar-refractivity contribution is 7.99. The van der Waals surface area contributed by atoms with Crippen molar-refractivity contribution in [3.8, 4) is 0 Å². The van der Waals surface area contributed by atoms with Gasteiger partial charge in [0.2, 0.25) is 5.91 Å². The van der Waals surface area contributed by atoms with Crippen LogP contribution in [0, 0.1) is 6.92 Å². The summed E-state index contributed by atoms with van der Waals surface area (Å²) in [6, 6.07) is 16.3. The van der Waals surface area contributed by atoms with Crippen LogP contribution in [0.3, 0.4) is 0 Å². The van der Waals surface area contributed by atoms with Crippen LogP contribution < -0.4 is 10.6 Å². The zero-order chi connectivity index (χ0) is 20.8. The molecular weight excluding hydrogens is 386 g/mol. The molecule has 1 unspecified atom stereocenters. The van der Waals surface area contributed by atoms with Gasteiger partial charge in [0.1, 0.15) is 0 Å². The number of aromatic nitrogens is 3. The third kappa shape index (κ3) is 5.23. The van der Waals surface area contributed by atoms with E-state index in [0.29, 0.717) is 16.5 Å². The van der Waals surface area contributed by atoms with E-state index in [2.05, 4.69) is 20.8 Å². The standard InChI is InChI=1S/C21H23N5O2S/c1-14-9-7-8-12-17(14)23-18(27)13-29-21-25-24-19(26(21)3)15(2)22-20(28)16-10-5-4-6-11-16/h4-12,15H,13H2,1-3H3,(H,22,28)(H,23,27). The number of carbonyl (C=O) groups is 2. The van der Waals surface area contributed by atoms with Crippen LogP contribution >= 0.6 is 11.8 Å². The van der Waals surface area contributed by atoms with Gasteiger partial charge in [0.15, 0.2) is 11.0 Å². The molecule has 0 aliphatic heterocycles. The molecule has 0 radical (unpaired) electrons. The van der Waals surface area contributed by atoms with Crippen molar-refractivity contribution in [3.63, 3.8) is 0 Å². The van der Waals surface area contributed by atoms with Crippen LogP contribution in [0.4, 0.5) is 5.69 Å². The smallest absolute Gasteiger partial charge is 0.251 e.